The highest BCUT2D eigenvalue weighted by Crippen LogP contribution is 2.24. The first-order chi connectivity index (χ1) is 10.8. The molecule has 3 rings (SSSR count). The average Bonchev–Trinajstić information content (AvgIpc) is 3.20. The lowest BCUT2D eigenvalue weighted by atomic mass is 10.1. The van der Waals surface area contributed by atoms with Gasteiger partial charge in [-0.3, -0.25) is 9.69 Å². The SMILES string of the molecule is Cc1nnsc1C(=O)NC[C@H](c1ccco1)N1CCSCC1. The van der Waals surface area contributed by atoms with Crippen molar-refractivity contribution in [3.63, 3.8) is 0 Å². The number of rotatable bonds is 5. The molecule has 0 aromatic carbocycles. The molecule has 6 nitrogen and oxygen atoms in total. The molecule has 0 aliphatic carbocycles. The number of carbonyl (C=O) groups excluding carboxylic acids is 1. The molecule has 1 fully saturated rings. The Morgan fingerprint density at radius 3 is 2.95 bits per heavy atom. The summed E-state index contributed by atoms with van der Waals surface area (Å²) in [4.78, 5) is 15.2. The molecule has 1 saturated heterocycles. The van der Waals surface area contributed by atoms with Gasteiger partial charge in [0.05, 0.1) is 18.0 Å². The van der Waals surface area contributed by atoms with Crippen LogP contribution in [0, 0.1) is 6.92 Å². The lowest BCUT2D eigenvalue weighted by Crippen LogP contribution is -2.41. The first-order valence-electron chi connectivity index (χ1n) is 7.18. The summed E-state index contributed by atoms with van der Waals surface area (Å²) in [5, 5.41) is 6.88. The molecule has 2 aromatic heterocycles. The van der Waals surface area contributed by atoms with Gasteiger partial charge < -0.3 is 9.73 Å². The predicted molar refractivity (Wildman–Crippen MR) is 87.3 cm³/mol. The van der Waals surface area contributed by atoms with Crippen LogP contribution in [0.2, 0.25) is 0 Å². The summed E-state index contributed by atoms with van der Waals surface area (Å²) in [5.74, 6) is 3.01. The highest BCUT2D eigenvalue weighted by Gasteiger charge is 2.25. The maximum Gasteiger partial charge on any atom is 0.265 e. The fourth-order valence-corrected chi connectivity index (χ4v) is 3.99. The molecule has 1 aliphatic rings. The molecule has 118 valence electrons. The van der Waals surface area contributed by atoms with Crippen LogP contribution in [0.1, 0.15) is 27.2 Å². The number of carbonyl (C=O) groups is 1. The molecular weight excluding hydrogens is 320 g/mol. The molecule has 2 aromatic rings. The van der Waals surface area contributed by atoms with Crippen molar-refractivity contribution >= 4 is 29.2 Å². The summed E-state index contributed by atoms with van der Waals surface area (Å²) in [7, 11) is 0. The minimum atomic E-state index is -0.115. The highest BCUT2D eigenvalue weighted by molar-refractivity contribution is 7.99. The van der Waals surface area contributed by atoms with Crippen LogP contribution in [0.5, 0.6) is 0 Å². The number of furan rings is 1. The zero-order chi connectivity index (χ0) is 15.4. The van der Waals surface area contributed by atoms with Crippen LogP contribution < -0.4 is 5.32 Å². The Bertz CT molecular complexity index is 608. The molecule has 1 atom stereocenters. The third-order valence-electron chi connectivity index (χ3n) is 3.67. The summed E-state index contributed by atoms with van der Waals surface area (Å²) in [6.07, 6.45) is 1.68. The number of thioether (sulfide) groups is 1. The molecular formula is C14H18N4O2S2. The molecule has 0 bridgehead atoms. The molecule has 0 radical (unpaired) electrons. The minimum Gasteiger partial charge on any atom is -0.468 e. The Kier molecular flexibility index (Phi) is 5.12. The third-order valence-corrected chi connectivity index (χ3v) is 5.44. The van der Waals surface area contributed by atoms with Crippen molar-refractivity contribution in [2.24, 2.45) is 0 Å². The number of aryl methyl sites for hydroxylation is 1. The molecule has 22 heavy (non-hydrogen) atoms. The third kappa shape index (κ3) is 3.50. The van der Waals surface area contributed by atoms with E-state index in [2.05, 4.69) is 19.8 Å². The van der Waals surface area contributed by atoms with E-state index >= 15 is 0 Å². The molecule has 1 amide bonds. The molecule has 3 heterocycles. The van der Waals surface area contributed by atoms with Gasteiger partial charge in [-0.2, -0.15) is 11.8 Å². The summed E-state index contributed by atoms with van der Waals surface area (Å²) in [5.41, 5.74) is 0.673. The summed E-state index contributed by atoms with van der Waals surface area (Å²) >= 11 is 3.09. The normalized spacial score (nSPS) is 17.3. The zero-order valence-corrected chi connectivity index (χ0v) is 14.0. The lowest BCUT2D eigenvalue weighted by Gasteiger charge is -2.33. The van der Waals surface area contributed by atoms with Crippen LogP contribution in [-0.2, 0) is 0 Å². The molecule has 1 aliphatic heterocycles. The Balaban J connectivity index is 1.68. The first-order valence-corrected chi connectivity index (χ1v) is 9.11. The van der Waals surface area contributed by atoms with Gasteiger partial charge in [-0.1, -0.05) is 4.49 Å². The van der Waals surface area contributed by atoms with Crippen LogP contribution in [0.3, 0.4) is 0 Å². The topological polar surface area (TPSA) is 71.3 Å². The number of hydrogen-bond acceptors (Lipinski definition) is 7. The van der Waals surface area contributed by atoms with E-state index in [1.54, 1.807) is 13.2 Å². The standard InChI is InChI=1S/C14H18N4O2S2/c1-10-13(22-17-16-10)14(19)15-9-11(12-3-2-6-20-12)18-4-7-21-8-5-18/h2-3,6,11H,4-5,7-9H2,1H3,(H,15,19)/t11-/m1/s1. The highest BCUT2D eigenvalue weighted by atomic mass is 32.2. The van der Waals surface area contributed by atoms with Crippen molar-refractivity contribution in [2.75, 3.05) is 31.1 Å². The van der Waals surface area contributed by atoms with Gasteiger partial charge in [0.25, 0.3) is 5.91 Å². The fraction of sp³-hybridized carbons (Fsp3) is 0.500. The van der Waals surface area contributed by atoms with E-state index in [0.717, 1.165) is 41.9 Å². The Morgan fingerprint density at radius 1 is 1.50 bits per heavy atom. The van der Waals surface area contributed by atoms with Crippen LogP contribution in [0.25, 0.3) is 0 Å². The van der Waals surface area contributed by atoms with Crippen molar-refractivity contribution in [2.45, 2.75) is 13.0 Å². The number of nitrogens with zero attached hydrogens (tertiary/aromatic N) is 3. The van der Waals surface area contributed by atoms with E-state index in [4.69, 9.17) is 4.42 Å². The van der Waals surface area contributed by atoms with Crippen molar-refractivity contribution < 1.29 is 9.21 Å². The zero-order valence-electron chi connectivity index (χ0n) is 12.3. The van der Waals surface area contributed by atoms with Gasteiger partial charge in [-0.15, -0.1) is 5.10 Å². The van der Waals surface area contributed by atoms with Crippen molar-refractivity contribution in [3.8, 4) is 0 Å². The van der Waals surface area contributed by atoms with Crippen LogP contribution in [0.15, 0.2) is 22.8 Å². The van der Waals surface area contributed by atoms with E-state index < -0.39 is 0 Å². The second-order valence-corrected chi connectivity index (χ2v) is 7.06. The maximum atomic E-state index is 12.2. The summed E-state index contributed by atoms with van der Waals surface area (Å²) < 4.78 is 9.38. The number of aromatic nitrogens is 2. The van der Waals surface area contributed by atoms with Gasteiger partial charge in [-0.05, 0) is 30.6 Å². The van der Waals surface area contributed by atoms with E-state index in [1.165, 1.54) is 0 Å². The van der Waals surface area contributed by atoms with Crippen molar-refractivity contribution in [1.82, 2.24) is 19.8 Å². The van der Waals surface area contributed by atoms with E-state index in [1.807, 2.05) is 23.9 Å². The second-order valence-electron chi connectivity index (χ2n) is 5.08. The first kappa shape index (κ1) is 15.5. The smallest absolute Gasteiger partial charge is 0.265 e. The fourth-order valence-electron chi connectivity index (χ4n) is 2.49. The molecule has 8 heteroatoms. The van der Waals surface area contributed by atoms with Crippen LogP contribution in [-0.4, -0.2) is 51.5 Å². The number of amides is 1. The largest absolute Gasteiger partial charge is 0.468 e. The Morgan fingerprint density at radius 2 is 2.32 bits per heavy atom. The molecule has 0 spiro atoms. The van der Waals surface area contributed by atoms with Crippen LogP contribution >= 0.6 is 23.3 Å². The lowest BCUT2D eigenvalue weighted by molar-refractivity contribution is 0.0933. The predicted octanol–water partition coefficient (Wildman–Crippen LogP) is 1.96. The number of hydrogen-bond donors (Lipinski definition) is 1. The second kappa shape index (κ2) is 7.26. The molecule has 1 N–H and O–H groups in total. The van der Waals surface area contributed by atoms with E-state index in [-0.39, 0.29) is 11.9 Å². The number of nitrogens with one attached hydrogen (secondary N) is 1. The summed E-state index contributed by atoms with van der Waals surface area (Å²) in [6.45, 7) is 4.33. The summed E-state index contributed by atoms with van der Waals surface area (Å²) in [6, 6.07) is 3.93. The van der Waals surface area contributed by atoms with Gasteiger partial charge in [0, 0.05) is 31.1 Å². The van der Waals surface area contributed by atoms with Crippen molar-refractivity contribution in [1.29, 1.82) is 0 Å². The minimum absolute atomic E-state index is 0.0704. The van der Waals surface area contributed by atoms with Gasteiger partial charge in [-0.25, -0.2) is 0 Å². The Labute approximate surface area is 137 Å². The maximum absolute atomic E-state index is 12.2. The quantitative estimate of drug-likeness (QED) is 0.899. The van der Waals surface area contributed by atoms with Crippen LogP contribution in [0.4, 0.5) is 0 Å². The molecule has 0 unspecified atom stereocenters. The van der Waals surface area contributed by atoms with Crippen molar-refractivity contribution in [3.05, 3.63) is 34.7 Å². The van der Waals surface area contributed by atoms with Gasteiger partial charge in [0.15, 0.2) is 0 Å². The molecule has 0 saturated carbocycles. The van der Waals surface area contributed by atoms with Gasteiger partial charge >= 0.3 is 0 Å². The van der Waals surface area contributed by atoms with Gasteiger partial charge in [0.2, 0.25) is 0 Å². The average molecular weight is 338 g/mol. The van der Waals surface area contributed by atoms with Gasteiger partial charge in [0.1, 0.15) is 10.6 Å². The Hall–Kier alpha value is -1.38. The monoisotopic (exact) mass is 338 g/mol. The van der Waals surface area contributed by atoms with E-state index in [9.17, 15) is 4.79 Å². The van der Waals surface area contributed by atoms with E-state index in [0.29, 0.717) is 17.1 Å².